The van der Waals surface area contributed by atoms with Gasteiger partial charge in [-0.05, 0) is 35.7 Å². The minimum Gasteiger partial charge on any atom is -0.307 e. The minimum atomic E-state index is -0.0461. The molecule has 1 aliphatic heterocycles. The van der Waals surface area contributed by atoms with Crippen molar-refractivity contribution in [2.75, 3.05) is 11.4 Å². The fraction of sp³-hybridized carbons (Fsp3) is 0.263. The molecule has 0 N–H and O–H groups in total. The highest BCUT2D eigenvalue weighted by Crippen LogP contribution is 2.28. The summed E-state index contributed by atoms with van der Waals surface area (Å²) in [7, 11) is 0. The summed E-state index contributed by atoms with van der Waals surface area (Å²) in [5, 5.41) is 0. The molecule has 3 rings (SSSR count). The van der Waals surface area contributed by atoms with Crippen LogP contribution in [0.1, 0.15) is 52.5 Å². The van der Waals surface area contributed by atoms with Crippen molar-refractivity contribution in [2.24, 2.45) is 0 Å². The molecule has 0 radical (unpaired) electrons. The van der Waals surface area contributed by atoms with Crippen molar-refractivity contribution >= 4 is 17.4 Å². The van der Waals surface area contributed by atoms with Gasteiger partial charge in [0.15, 0.2) is 5.78 Å². The van der Waals surface area contributed by atoms with Gasteiger partial charge < -0.3 is 4.90 Å². The molecule has 0 aromatic heterocycles. The molecule has 3 heteroatoms. The molecule has 0 aliphatic carbocycles. The van der Waals surface area contributed by atoms with E-state index in [0.29, 0.717) is 30.0 Å². The minimum absolute atomic E-state index is 0.0461. The fourth-order valence-electron chi connectivity index (χ4n) is 2.79. The number of benzene rings is 2. The fourth-order valence-corrected chi connectivity index (χ4v) is 2.79. The van der Waals surface area contributed by atoms with E-state index >= 15 is 0 Å². The molecule has 0 bridgehead atoms. The highest BCUT2D eigenvalue weighted by atomic mass is 16.2. The molecule has 112 valence electrons. The molecule has 0 unspecified atom stereocenters. The van der Waals surface area contributed by atoms with Crippen LogP contribution in [-0.2, 0) is 0 Å². The number of anilines is 1. The van der Waals surface area contributed by atoms with Crippen LogP contribution >= 0.6 is 0 Å². The van der Waals surface area contributed by atoms with Crippen LogP contribution in [0, 0.1) is 0 Å². The van der Waals surface area contributed by atoms with E-state index < -0.39 is 0 Å². The van der Waals surface area contributed by atoms with Gasteiger partial charge in [-0.3, -0.25) is 9.59 Å². The summed E-state index contributed by atoms with van der Waals surface area (Å²) in [5.41, 5.74) is 3.23. The van der Waals surface area contributed by atoms with Gasteiger partial charge in [-0.1, -0.05) is 38.1 Å². The van der Waals surface area contributed by atoms with Gasteiger partial charge in [0.1, 0.15) is 0 Å². The first-order valence-corrected chi connectivity index (χ1v) is 7.62. The molecule has 1 aliphatic rings. The van der Waals surface area contributed by atoms with Crippen molar-refractivity contribution < 1.29 is 9.59 Å². The Balaban J connectivity index is 1.93. The van der Waals surface area contributed by atoms with Crippen LogP contribution in [0.2, 0.25) is 0 Å². The standard InChI is InChI=1S/C19H19NO2/c1-13(2)14-7-9-15(10-8-14)19(22)20-12-11-18(21)16-5-3-4-6-17(16)20/h3-10,13H,11-12H2,1-2H3. The number of hydrogen-bond donors (Lipinski definition) is 0. The maximum atomic E-state index is 12.8. The molecular weight excluding hydrogens is 274 g/mol. The third-order valence-corrected chi connectivity index (χ3v) is 4.13. The Morgan fingerprint density at radius 3 is 2.41 bits per heavy atom. The molecule has 1 heterocycles. The smallest absolute Gasteiger partial charge is 0.258 e. The van der Waals surface area contributed by atoms with Crippen molar-refractivity contribution in [3.8, 4) is 0 Å². The van der Waals surface area contributed by atoms with E-state index in [-0.39, 0.29) is 11.7 Å². The molecule has 2 aromatic carbocycles. The first-order valence-electron chi connectivity index (χ1n) is 7.62. The summed E-state index contributed by atoms with van der Waals surface area (Å²) in [6.07, 6.45) is 0.382. The molecule has 0 fully saturated rings. The number of carbonyl (C=O) groups excluding carboxylic acids is 2. The zero-order chi connectivity index (χ0) is 15.7. The molecule has 0 spiro atoms. The third-order valence-electron chi connectivity index (χ3n) is 4.13. The van der Waals surface area contributed by atoms with E-state index in [9.17, 15) is 9.59 Å². The second-order valence-electron chi connectivity index (χ2n) is 5.92. The zero-order valence-corrected chi connectivity index (χ0v) is 12.9. The second-order valence-corrected chi connectivity index (χ2v) is 5.92. The molecule has 0 atom stereocenters. The number of carbonyl (C=O) groups is 2. The van der Waals surface area contributed by atoms with Crippen molar-refractivity contribution in [1.29, 1.82) is 0 Å². The van der Waals surface area contributed by atoms with Crippen molar-refractivity contribution in [2.45, 2.75) is 26.2 Å². The Morgan fingerprint density at radius 1 is 1.05 bits per heavy atom. The molecule has 0 saturated carbocycles. The number of amides is 1. The number of ketones is 1. The lowest BCUT2D eigenvalue weighted by atomic mass is 9.98. The SMILES string of the molecule is CC(C)c1ccc(C(=O)N2CCC(=O)c3ccccc32)cc1. The average Bonchev–Trinajstić information content (AvgIpc) is 2.55. The predicted octanol–water partition coefficient (Wildman–Crippen LogP) is 4.04. The van der Waals surface area contributed by atoms with Crippen molar-refractivity contribution in [3.63, 3.8) is 0 Å². The van der Waals surface area contributed by atoms with Gasteiger partial charge in [-0.25, -0.2) is 0 Å². The van der Waals surface area contributed by atoms with Crippen LogP contribution < -0.4 is 4.90 Å². The monoisotopic (exact) mass is 293 g/mol. The number of para-hydroxylation sites is 1. The summed E-state index contributed by atoms with van der Waals surface area (Å²) >= 11 is 0. The molecule has 2 aromatic rings. The molecule has 1 amide bonds. The van der Waals surface area contributed by atoms with Gasteiger partial charge in [-0.2, -0.15) is 0 Å². The van der Waals surface area contributed by atoms with Crippen LogP contribution in [0.5, 0.6) is 0 Å². The Hall–Kier alpha value is -2.42. The molecule has 0 saturated heterocycles. The first-order chi connectivity index (χ1) is 10.6. The Kier molecular flexibility index (Phi) is 3.80. The second kappa shape index (κ2) is 5.76. The van der Waals surface area contributed by atoms with Crippen LogP contribution in [0.3, 0.4) is 0 Å². The van der Waals surface area contributed by atoms with Crippen molar-refractivity contribution in [1.82, 2.24) is 0 Å². The highest BCUT2D eigenvalue weighted by Gasteiger charge is 2.27. The maximum Gasteiger partial charge on any atom is 0.258 e. The Morgan fingerprint density at radius 2 is 1.73 bits per heavy atom. The Labute approximate surface area is 130 Å². The van der Waals surface area contributed by atoms with E-state index in [1.807, 2.05) is 42.5 Å². The number of hydrogen-bond acceptors (Lipinski definition) is 2. The lowest BCUT2D eigenvalue weighted by Gasteiger charge is -2.28. The zero-order valence-electron chi connectivity index (χ0n) is 12.9. The molecular formula is C19H19NO2. The lowest BCUT2D eigenvalue weighted by Crippen LogP contribution is -2.37. The van der Waals surface area contributed by atoms with Crippen LogP contribution in [0.4, 0.5) is 5.69 Å². The van der Waals surface area contributed by atoms with Crippen LogP contribution in [-0.4, -0.2) is 18.2 Å². The van der Waals surface area contributed by atoms with Gasteiger partial charge in [0.25, 0.3) is 5.91 Å². The number of nitrogens with zero attached hydrogens (tertiary/aromatic N) is 1. The van der Waals surface area contributed by atoms with Gasteiger partial charge in [0, 0.05) is 24.1 Å². The van der Waals surface area contributed by atoms with Gasteiger partial charge in [-0.15, -0.1) is 0 Å². The van der Waals surface area contributed by atoms with Gasteiger partial charge >= 0.3 is 0 Å². The first kappa shape index (κ1) is 14.5. The van der Waals surface area contributed by atoms with Crippen LogP contribution in [0.25, 0.3) is 0 Å². The van der Waals surface area contributed by atoms with E-state index in [2.05, 4.69) is 13.8 Å². The van der Waals surface area contributed by atoms with E-state index in [1.165, 1.54) is 5.56 Å². The van der Waals surface area contributed by atoms with Crippen molar-refractivity contribution in [3.05, 3.63) is 65.2 Å². The molecule has 3 nitrogen and oxygen atoms in total. The predicted molar refractivity (Wildman–Crippen MR) is 87.6 cm³/mol. The van der Waals surface area contributed by atoms with Crippen LogP contribution in [0.15, 0.2) is 48.5 Å². The number of fused-ring (bicyclic) bond motifs is 1. The average molecular weight is 293 g/mol. The van der Waals surface area contributed by atoms with Gasteiger partial charge in [0.05, 0.1) is 5.69 Å². The number of rotatable bonds is 2. The van der Waals surface area contributed by atoms with Gasteiger partial charge in [0.2, 0.25) is 0 Å². The lowest BCUT2D eigenvalue weighted by molar-refractivity contribution is 0.0955. The quantitative estimate of drug-likeness (QED) is 0.838. The van der Waals surface area contributed by atoms with E-state index in [1.54, 1.807) is 11.0 Å². The number of Topliss-reactive ketones (excluding diaryl/α,β-unsaturated/α-hetero) is 1. The van der Waals surface area contributed by atoms with E-state index in [0.717, 1.165) is 5.69 Å². The molecule has 22 heavy (non-hydrogen) atoms. The topological polar surface area (TPSA) is 37.4 Å². The third kappa shape index (κ3) is 2.54. The maximum absolute atomic E-state index is 12.8. The Bertz CT molecular complexity index is 716. The summed E-state index contributed by atoms with van der Waals surface area (Å²) < 4.78 is 0. The summed E-state index contributed by atoms with van der Waals surface area (Å²) in [6, 6.07) is 15.1. The summed E-state index contributed by atoms with van der Waals surface area (Å²) in [6.45, 7) is 4.70. The highest BCUT2D eigenvalue weighted by molar-refractivity contribution is 6.13. The normalized spacial score (nSPS) is 14.1. The largest absolute Gasteiger partial charge is 0.307 e. The van der Waals surface area contributed by atoms with E-state index in [4.69, 9.17) is 0 Å². The summed E-state index contributed by atoms with van der Waals surface area (Å²) in [4.78, 5) is 26.4. The summed E-state index contributed by atoms with van der Waals surface area (Å²) in [5.74, 6) is 0.502.